The summed E-state index contributed by atoms with van der Waals surface area (Å²) in [5.74, 6) is 1.76. The van der Waals surface area contributed by atoms with Crippen LogP contribution in [0.4, 0.5) is 0 Å². The molecule has 1 aromatic heterocycles. The Morgan fingerprint density at radius 2 is 2.12 bits per heavy atom. The zero-order chi connectivity index (χ0) is 11.8. The highest BCUT2D eigenvalue weighted by atomic mass is 16.5. The van der Waals surface area contributed by atoms with Crippen molar-refractivity contribution < 1.29 is 9.15 Å². The van der Waals surface area contributed by atoms with E-state index in [-0.39, 0.29) is 0 Å². The lowest BCUT2D eigenvalue weighted by atomic mass is 10.2. The Morgan fingerprint density at radius 1 is 1.31 bits per heavy atom. The predicted molar refractivity (Wildman–Crippen MR) is 65.1 cm³/mol. The minimum Gasteiger partial charge on any atom is -0.465 e. The van der Waals surface area contributed by atoms with Crippen molar-refractivity contribution in [3.63, 3.8) is 0 Å². The maximum Gasteiger partial charge on any atom is 0.118 e. The van der Waals surface area contributed by atoms with E-state index >= 15 is 0 Å². The van der Waals surface area contributed by atoms with Crippen molar-refractivity contribution in [2.24, 2.45) is 5.73 Å². The standard InChI is InChI=1S/C13H23NO2/c1-3-4-5-6-7-15-10-12-8-13(9-14)16-11(12)2/h8H,3-7,9-10,14H2,1-2H3. The van der Waals surface area contributed by atoms with Crippen molar-refractivity contribution in [2.45, 2.75) is 52.7 Å². The Hall–Kier alpha value is -0.800. The van der Waals surface area contributed by atoms with Crippen molar-refractivity contribution in [1.29, 1.82) is 0 Å². The highest BCUT2D eigenvalue weighted by molar-refractivity contribution is 5.19. The van der Waals surface area contributed by atoms with Crippen LogP contribution in [0.15, 0.2) is 10.5 Å². The maximum absolute atomic E-state index is 5.60. The average Bonchev–Trinajstić information content (AvgIpc) is 2.65. The van der Waals surface area contributed by atoms with Crippen LogP contribution in [0.2, 0.25) is 0 Å². The normalized spacial score (nSPS) is 10.9. The molecule has 0 unspecified atom stereocenters. The van der Waals surface area contributed by atoms with E-state index in [0.29, 0.717) is 13.2 Å². The fourth-order valence-corrected chi connectivity index (χ4v) is 1.64. The van der Waals surface area contributed by atoms with E-state index < -0.39 is 0 Å². The van der Waals surface area contributed by atoms with Crippen molar-refractivity contribution in [2.75, 3.05) is 6.61 Å². The summed E-state index contributed by atoms with van der Waals surface area (Å²) in [7, 11) is 0. The van der Waals surface area contributed by atoms with Crippen LogP contribution < -0.4 is 5.73 Å². The van der Waals surface area contributed by atoms with Gasteiger partial charge in [0.05, 0.1) is 13.2 Å². The Kier molecular flexibility index (Phi) is 6.19. The molecule has 3 heteroatoms. The van der Waals surface area contributed by atoms with Gasteiger partial charge in [0, 0.05) is 12.2 Å². The first-order valence-corrected chi connectivity index (χ1v) is 6.14. The quantitative estimate of drug-likeness (QED) is 0.691. The molecule has 0 fully saturated rings. The van der Waals surface area contributed by atoms with Crippen molar-refractivity contribution in [1.82, 2.24) is 0 Å². The van der Waals surface area contributed by atoms with Gasteiger partial charge in [0.1, 0.15) is 11.5 Å². The van der Waals surface area contributed by atoms with Crippen molar-refractivity contribution in [3.05, 3.63) is 23.2 Å². The van der Waals surface area contributed by atoms with Crippen LogP contribution in [0.3, 0.4) is 0 Å². The molecule has 0 bridgehead atoms. The molecule has 92 valence electrons. The predicted octanol–water partition coefficient (Wildman–Crippen LogP) is 3.14. The summed E-state index contributed by atoms with van der Waals surface area (Å²) in [6.07, 6.45) is 4.97. The molecule has 1 heterocycles. The number of ether oxygens (including phenoxy) is 1. The molecular formula is C13H23NO2. The lowest BCUT2D eigenvalue weighted by Gasteiger charge is -2.02. The zero-order valence-electron chi connectivity index (χ0n) is 10.4. The molecule has 0 aliphatic carbocycles. The van der Waals surface area contributed by atoms with Crippen LogP contribution in [0, 0.1) is 6.92 Å². The summed E-state index contributed by atoms with van der Waals surface area (Å²) in [4.78, 5) is 0. The van der Waals surface area contributed by atoms with Gasteiger partial charge in [-0.2, -0.15) is 0 Å². The molecule has 0 radical (unpaired) electrons. The smallest absolute Gasteiger partial charge is 0.118 e. The summed E-state index contributed by atoms with van der Waals surface area (Å²) in [6, 6.07) is 1.99. The number of furan rings is 1. The molecule has 0 saturated heterocycles. The molecule has 0 saturated carbocycles. The number of unbranched alkanes of at least 4 members (excludes halogenated alkanes) is 3. The summed E-state index contributed by atoms with van der Waals surface area (Å²) in [5, 5.41) is 0. The third kappa shape index (κ3) is 4.37. The lowest BCUT2D eigenvalue weighted by Crippen LogP contribution is -1.96. The van der Waals surface area contributed by atoms with Crippen LogP contribution in [0.5, 0.6) is 0 Å². The monoisotopic (exact) mass is 225 g/mol. The second-order valence-corrected chi connectivity index (χ2v) is 4.11. The van der Waals surface area contributed by atoms with E-state index in [1.165, 1.54) is 19.3 Å². The van der Waals surface area contributed by atoms with Crippen LogP contribution in [-0.2, 0) is 17.9 Å². The second kappa shape index (κ2) is 7.47. The van der Waals surface area contributed by atoms with E-state index in [0.717, 1.165) is 30.1 Å². The van der Waals surface area contributed by atoms with Gasteiger partial charge in [-0.15, -0.1) is 0 Å². The molecule has 0 atom stereocenters. The van der Waals surface area contributed by atoms with E-state index in [9.17, 15) is 0 Å². The number of aryl methyl sites for hydroxylation is 1. The Bertz CT molecular complexity index is 294. The van der Waals surface area contributed by atoms with Crippen LogP contribution in [0.25, 0.3) is 0 Å². The fourth-order valence-electron chi connectivity index (χ4n) is 1.64. The molecule has 3 nitrogen and oxygen atoms in total. The minimum absolute atomic E-state index is 0.456. The van der Waals surface area contributed by atoms with Gasteiger partial charge in [0.15, 0.2) is 0 Å². The third-order valence-corrected chi connectivity index (χ3v) is 2.67. The summed E-state index contributed by atoms with van der Waals surface area (Å²) in [6.45, 7) is 6.10. The lowest BCUT2D eigenvalue weighted by molar-refractivity contribution is 0.116. The van der Waals surface area contributed by atoms with Crippen molar-refractivity contribution in [3.8, 4) is 0 Å². The van der Waals surface area contributed by atoms with Gasteiger partial charge < -0.3 is 14.9 Å². The largest absolute Gasteiger partial charge is 0.465 e. The van der Waals surface area contributed by atoms with E-state index in [4.69, 9.17) is 14.9 Å². The highest BCUT2D eigenvalue weighted by Gasteiger charge is 2.05. The number of rotatable bonds is 8. The van der Waals surface area contributed by atoms with E-state index in [2.05, 4.69) is 6.92 Å². The molecule has 0 aliphatic heterocycles. The molecule has 1 aromatic rings. The van der Waals surface area contributed by atoms with Crippen LogP contribution >= 0.6 is 0 Å². The average molecular weight is 225 g/mol. The first-order chi connectivity index (χ1) is 7.77. The maximum atomic E-state index is 5.60. The minimum atomic E-state index is 0.456. The molecule has 0 aromatic carbocycles. The molecule has 1 rings (SSSR count). The van der Waals surface area contributed by atoms with Crippen molar-refractivity contribution >= 4 is 0 Å². The molecular weight excluding hydrogens is 202 g/mol. The van der Waals surface area contributed by atoms with Gasteiger partial charge in [-0.3, -0.25) is 0 Å². The van der Waals surface area contributed by atoms with E-state index in [1.54, 1.807) is 0 Å². The summed E-state index contributed by atoms with van der Waals surface area (Å²) in [5.41, 5.74) is 6.63. The van der Waals surface area contributed by atoms with Crippen LogP contribution in [0.1, 0.15) is 49.7 Å². The number of nitrogens with two attached hydrogens (primary N) is 1. The Labute approximate surface area is 98.0 Å². The van der Waals surface area contributed by atoms with Gasteiger partial charge in [-0.1, -0.05) is 26.2 Å². The zero-order valence-corrected chi connectivity index (χ0v) is 10.4. The van der Waals surface area contributed by atoms with Gasteiger partial charge in [-0.25, -0.2) is 0 Å². The number of hydrogen-bond donors (Lipinski definition) is 1. The third-order valence-electron chi connectivity index (χ3n) is 2.67. The summed E-state index contributed by atoms with van der Waals surface area (Å²) >= 11 is 0. The molecule has 2 N–H and O–H groups in total. The SMILES string of the molecule is CCCCCCOCc1cc(CN)oc1C. The molecule has 0 aliphatic rings. The second-order valence-electron chi connectivity index (χ2n) is 4.11. The molecule has 0 amide bonds. The highest BCUT2D eigenvalue weighted by Crippen LogP contribution is 2.15. The number of hydrogen-bond acceptors (Lipinski definition) is 3. The van der Waals surface area contributed by atoms with Gasteiger partial charge in [0.2, 0.25) is 0 Å². The molecule has 16 heavy (non-hydrogen) atoms. The topological polar surface area (TPSA) is 48.4 Å². The van der Waals surface area contributed by atoms with Crippen LogP contribution in [-0.4, -0.2) is 6.61 Å². The first kappa shape index (κ1) is 13.3. The van der Waals surface area contributed by atoms with Gasteiger partial charge >= 0.3 is 0 Å². The Morgan fingerprint density at radius 3 is 2.75 bits per heavy atom. The van der Waals surface area contributed by atoms with Gasteiger partial charge in [-0.05, 0) is 19.4 Å². The molecule has 0 spiro atoms. The van der Waals surface area contributed by atoms with Gasteiger partial charge in [0.25, 0.3) is 0 Å². The first-order valence-electron chi connectivity index (χ1n) is 6.14. The van der Waals surface area contributed by atoms with E-state index in [1.807, 2.05) is 13.0 Å². The summed E-state index contributed by atoms with van der Waals surface area (Å²) < 4.78 is 11.1. The fraction of sp³-hybridized carbons (Fsp3) is 0.692. The Balaban J connectivity index is 2.18.